The van der Waals surface area contributed by atoms with Crippen LogP contribution in [-0.4, -0.2) is 48.9 Å². The molecule has 0 aromatic heterocycles. The SMILES string of the molecule is Cc1ccc(N2CCN(C(=O)c3ccc(C4(CC(C)C)NC(=O)NC4=O)cc3)CC2)c(C)c1. The van der Waals surface area contributed by atoms with Crippen LogP contribution in [0.2, 0.25) is 0 Å². The van der Waals surface area contributed by atoms with Crippen molar-refractivity contribution in [3.8, 4) is 0 Å². The number of amides is 4. The van der Waals surface area contributed by atoms with Gasteiger partial charge in [-0.3, -0.25) is 14.9 Å². The first kappa shape index (κ1) is 22.8. The molecule has 1 unspecified atom stereocenters. The minimum absolute atomic E-state index is 0.0142. The number of aryl methyl sites for hydroxylation is 2. The Hall–Kier alpha value is -3.35. The van der Waals surface area contributed by atoms with E-state index in [9.17, 15) is 14.4 Å². The maximum absolute atomic E-state index is 13.1. The van der Waals surface area contributed by atoms with Crippen molar-refractivity contribution in [3.05, 3.63) is 64.7 Å². The highest BCUT2D eigenvalue weighted by Crippen LogP contribution is 2.32. The Labute approximate surface area is 195 Å². The van der Waals surface area contributed by atoms with Crippen LogP contribution in [-0.2, 0) is 10.3 Å². The average molecular weight is 449 g/mol. The summed E-state index contributed by atoms with van der Waals surface area (Å²) in [6, 6.07) is 13.1. The molecule has 33 heavy (non-hydrogen) atoms. The molecule has 2 N–H and O–H groups in total. The van der Waals surface area contributed by atoms with Crippen LogP contribution in [0.1, 0.15) is 47.3 Å². The van der Waals surface area contributed by atoms with Crippen molar-refractivity contribution in [3.63, 3.8) is 0 Å². The molecule has 0 aliphatic carbocycles. The molecule has 0 saturated carbocycles. The molecule has 7 heteroatoms. The fraction of sp³-hybridized carbons (Fsp3) is 0.423. The van der Waals surface area contributed by atoms with Gasteiger partial charge in [0.05, 0.1) is 0 Å². The van der Waals surface area contributed by atoms with Crippen LogP contribution in [0.5, 0.6) is 0 Å². The van der Waals surface area contributed by atoms with Gasteiger partial charge in [-0.05, 0) is 55.5 Å². The molecule has 174 valence electrons. The van der Waals surface area contributed by atoms with E-state index in [1.54, 1.807) is 24.3 Å². The maximum atomic E-state index is 13.1. The quantitative estimate of drug-likeness (QED) is 0.688. The zero-order valence-electron chi connectivity index (χ0n) is 19.8. The molecule has 2 aromatic rings. The number of piperazine rings is 1. The molecular weight excluding hydrogens is 416 g/mol. The lowest BCUT2D eigenvalue weighted by molar-refractivity contribution is -0.124. The Morgan fingerprint density at radius 2 is 1.67 bits per heavy atom. The first-order valence-corrected chi connectivity index (χ1v) is 11.6. The number of hydrogen-bond acceptors (Lipinski definition) is 4. The third kappa shape index (κ3) is 4.45. The highest BCUT2D eigenvalue weighted by molar-refractivity contribution is 6.07. The molecule has 2 fully saturated rings. The van der Waals surface area contributed by atoms with E-state index in [-0.39, 0.29) is 17.7 Å². The normalized spacial score (nSPS) is 20.8. The standard InChI is InChI=1S/C26H32N4O3/c1-17(2)16-26(24(32)27-25(33)28-26)21-8-6-20(7-9-21)23(31)30-13-11-29(12-14-30)22-10-5-18(3)15-19(22)4/h5-10,15,17H,11-14,16H2,1-4H3,(H2,27,28,32,33). The van der Waals surface area contributed by atoms with Gasteiger partial charge in [-0.25, -0.2) is 4.79 Å². The predicted molar refractivity (Wildman–Crippen MR) is 128 cm³/mol. The fourth-order valence-electron chi connectivity index (χ4n) is 4.96. The summed E-state index contributed by atoms with van der Waals surface area (Å²) in [6.45, 7) is 11.1. The van der Waals surface area contributed by atoms with E-state index in [0.717, 1.165) is 13.1 Å². The molecule has 4 rings (SSSR count). The summed E-state index contributed by atoms with van der Waals surface area (Å²) in [5.74, 6) is -0.161. The van der Waals surface area contributed by atoms with E-state index >= 15 is 0 Å². The second-order valence-corrected chi connectivity index (χ2v) is 9.56. The molecule has 2 aromatic carbocycles. The third-order valence-electron chi connectivity index (χ3n) is 6.54. The monoisotopic (exact) mass is 448 g/mol. The first-order valence-electron chi connectivity index (χ1n) is 11.6. The van der Waals surface area contributed by atoms with E-state index < -0.39 is 11.6 Å². The van der Waals surface area contributed by atoms with E-state index in [4.69, 9.17) is 0 Å². The highest BCUT2D eigenvalue weighted by Gasteiger charge is 2.47. The smallest absolute Gasteiger partial charge is 0.322 e. The Morgan fingerprint density at radius 3 is 2.21 bits per heavy atom. The Balaban J connectivity index is 1.46. The number of urea groups is 1. The number of rotatable bonds is 5. The number of carbonyl (C=O) groups excluding carboxylic acids is 3. The van der Waals surface area contributed by atoms with E-state index in [0.29, 0.717) is 30.6 Å². The summed E-state index contributed by atoms with van der Waals surface area (Å²) in [7, 11) is 0. The topological polar surface area (TPSA) is 81.8 Å². The van der Waals surface area contributed by atoms with Gasteiger partial charge in [0, 0.05) is 37.4 Å². The summed E-state index contributed by atoms with van der Waals surface area (Å²) in [4.78, 5) is 41.8. The zero-order valence-corrected chi connectivity index (χ0v) is 19.8. The number of hydrogen-bond donors (Lipinski definition) is 2. The Kier molecular flexibility index (Phi) is 6.15. The van der Waals surface area contributed by atoms with Crippen molar-refractivity contribution in [2.24, 2.45) is 5.92 Å². The largest absolute Gasteiger partial charge is 0.368 e. The van der Waals surface area contributed by atoms with Crippen molar-refractivity contribution in [2.75, 3.05) is 31.1 Å². The number of imide groups is 1. The lowest BCUT2D eigenvalue weighted by atomic mass is 9.82. The van der Waals surface area contributed by atoms with Crippen LogP contribution in [0.4, 0.5) is 10.5 Å². The molecule has 7 nitrogen and oxygen atoms in total. The molecule has 1 atom stereocenters. The van der Waals surface area contributed by atoms with Crippen LogP contribution in [0.15, 0.2) is 42.5 Å². The number of benzene rings is 2. The average Bonchev–Trinajstić information content (AvgIpc) is 3.06. The van der Waals surface area contributed by atoms with Gasteiger partial charge in [0.25, 0.3) is 11.8 Å². The van der Waals surface area contributed by atoms with Gasteiger partial charge in [-0.1, -0.05) is 43.7 Å². The summed E-state index contributed by atoms with van der Waals surface area (Å²) < 4.78 is 0. The van der Waals surface area contributed by atoms with Gasteiger partial charge >= 0.3 is 6.03 Å². The summed E-state index contributed by atoms with van der Waals surface area (Å²) in [6.07, 6.45) is 0.484. The minimum atomic E-state index is -1.09. The van der Waals surface area contributed by atoms with Crippen molar-refractivity contribution in [1.82, 2.24) is 15.5 Å². The summed E-state index contributed by atoms with van der Waals surface area (Å²) >= 11 is 0. The highest BCUT2D eigenvalue weighted by atomic mass is 16.2. The van der Waals surface area contributed by atoms with Crippen LogP contribution >= 0.6 is 0 Å². The number of nitrogens with zero attached hydrogens (tertiary/aromatic N) is 2. The Bertz CT molecular complexity index is 1070. The molecule has 2 heterocycles. The molecular formula is C26H32N4O3. The van der Waals surface area contributed by atoms with Crippen molar-refractivity contribution in [1.29, 1.82) is 0 Å². The first-order chi connectivity index (χ1) is 15.7. The van der Waals surface area contributed by atoms with E-state index in [1.165, 1.54) is 16.8 Å². The van der Waals surface area contributed by atoms with Crippen LogP contribution in [0.25, 0.3) is 0 Å². The number of carbonyl (C=O) groups is 3. The van der Waals surface area contributed by atoms with Crippen LogP contribution in [0, 0.1) is 19.8 Å². The van der Waals surface area contributed by atoms with E-state index in [2.05, 4.69) is 47.6 Å². The van der Waals surface area contributed by atoms with Crippen molar-refractivity contribution >= 4 is 23.5 Å². The van der Waals surface area contributed by atoms with Gasteiger partial charge in [0.2, 0.25) is 0 Å². The molecule has 2 saturated heterocycles. The fourth-order valence-corrected chi connectivity index (χ4v) is 4.96. The van der Waals surface area contributed by atoms with Gasteiger partial charge < -0.3 is 15.1 Å². The molecule has 2 aliphatic rings. The lowest BCUT2D eigenvalue weighted by Gasteiger charge is -2.37. The Morgan fingerprint density at radius 1 is 1.00 bits per heavy atom. The zero-order chi connectivity index (χ0) is 23.8. The van der Waals surface area contributed by atoms with Gasteiger partial charge in [-0.15, -0.1) is 0 Å². The van der Waals surface area contributed by atoms with Gasteiger partial charge in [0.1, 0.15) is 5.54 Å². The second kappa shape index (κ2) is 8.89. The number of anilines is 1. The molecule has 4 amide bonds. The lowest BCUT2D eigenvalue weighted by Crippen LogP contribution is -2.49. The van der Waals surface area contributed by atoms with Crippen LogP contribution < -0.4 is 15.5 Å². The molecule has 2 aliphatic heterocycles. The second-order valence-electron chi connectivity index (χ2n) is 9.56. The van der Waals surface area contributed by atoms with E-state index in [1.807, 2.05) is 18.7 Å². The molecule has 0 spiro atoms. The third-order valence-corrected chi connectivity index (χ3v) is 6.54. The van der Waals surface area contributed by atoms with Crippen molar-refractivity contribution in [2.45, 2.75) is 39.7 Å². The van der Waals surface area contributed by atoms with Crippen LogP contribution in [0.3, 0.4) is 0 Å². The van der Waals surface area contributed by atoms with Gasteiger partial charge in [0.15, 0.2) is 0 Å². The number of nitrogens with one attached hydrogen (secondary N) is 2. The molecule has 0 bridgehead atoms. The van der Waals surface area contributed by atoms with Crippen molar-refractivity contribution < 1.29 is 14.4 Å². The maximum Gasteiger partial charge on any atom is 0.322 e. The summed E-state index contributed by atoms with van der Waals surface area (Å²) in [5.41, 5.74) is 3.91. The summed E-state index contributed by atoms with van der Waals surface area (Å²) in [5, 5.41) is 5.16. The minimum Gasteiger partial charge on any atom is -0.368 e. The molecule has 0 radical (unpaired) electrons. The van der Waals surface area contributed by atoms with Gasteiger partial charge in [-0.2, -0.15) is 0 Å². The predicted octanol–water partition coefficient (Wildman–Crippen LogP) is 3.35.